The number of hydrogen-bond acceptors (Lipinski definition) is 5. The van der Waals surface area contributed by atoms with E-state index in [9.17, 15) is 8.42 Å². The summed E-state index contributed by atoms with van der Waals surface area (Å²) in [5, 5.41) is 3.89. The van der Waals surface area contributed by atoms with Gasteiger partial charge in [-0.1, -0.05) is 37.1 Å². The van der Waals surface area contributed by atoms with Crippen molar-refractivity contribution in [1.29, 1.82) is 0 Å². The summed E-state index contributed by atoms with van der Waals surface area (Å²) in [6, 6.07) is 16.2. The van der Waals surface area contributed by atoms with Crippen molar-refractivity contribution in [2.75, 3.05) is 44.2 Å². The lowest BCUT2D eigenvalue weighted by Crippen LogP contribution is -2.65. The lowest BCUT2D eigenvalue weighted by Gasteiger charge is -2.53. The zero-order valence-electron chi connectivity index (χ0n) is 23.0. The van der Waals surface area contributed by atoms with Crippen molar-refractivity contribution in [3.05, 3.63) is 59.7 Å². The van der Waals surface area contributed by atoms with Gasteiger partial charge in [-0.05, 0) is 105 Å². The number of likely N-dealkylation sites (tertiary alicyclic amines) is 1. The summed E-state index contributed by atoms with van der Waals surface area (Å²) in [5.74, 6) is 1.30. The van der Waals surface area contributed by atoms with Gasteiger partial charge in [-0.15, -0.1) is 0 Å². The Hall–Kier alpha value is -1.96. The summed E-state index contributed by atoms with van der Waals surface area (Å²) in [7, 11) is -3.18. The molecule has 1 N–H and O–H groups in total. The Morgan fingerprint density at radius 1 is 0.872 bits per heavy atom. The van der Waals surface area contributed by atoms with Gasteiger partial charge in [0.15, 0.2) is 15.5 Å². The first-order valence-electron chi connectivity index (χ1n) is 15.2. The molecule has 5 nitrogen and oxygen atoms in total. The van der Waals surface area contributed by atoms with Crippen LogP contribution in [-0.2, 0) is 21.8 Å². The number of nitrogens with zero attached hydrogens (tertiary/aromatic N) is 2. The van der Waals surface area contributed by atoms with E-state index >= 15 is 4.39 Å². The number of hydrogen-bond donors (Lipinski definition) is 1. The van der Waals surface area contributed by atoms with Crippen LogP contribution in [0.5, 0.6) is 0 Å². The maximum Gasteiger partial charge on any atom is 0.181 e. The van der Waals surface area contributed by atoms with Crippen molar-refractivity contribution >= 4 is 15.5 Å². The van der Waals surface area contributed by atoms with E-state index in [-0.39, 0.29) is 10.8 Å². The van der Waals surface area contributed by atoms with Crippen molar-refractivity contribution in [2.24, 2.45) is 11.8 Å². The van der Waals surface area contributed by atoms with Crippen LogP contribution in [0.15, 0.2) is 53.4 Å². The number of alkyl halides is 1. The van der Waals surface area contributed by atoms with Gasteiger partial charge in [0.05, 0.1) is 23.2 Å². The predicted molar refractivity (Wildman–Crippen MR) is 154 cm³/mol. The van der Waals surface area contributed by atoms with Crippen molar-refractivity contribution < 1.29 is 12.8 Å². The van der Waals surface area contributed by atoms with Crippen LogP contribution in [0.1, 0.15) is 62.5 Å². The van der Waals surface area contributed by atoms with Crippen LogP contribution in [0, 0.1) is 11.8 Å². The Kier molecular flexibility index (Phi) is 6.56. The number of sulfone groups is 1. The molecule has 0 bridgehead atoms. The minimum absolute atomic E-state index is 0.0806. The summed E-state index contributed by atoms with van der Waals surface area (Å²) in [6.45, 7) is 4.23. The molecule has 210 valence electrons. The molecule has 2 aliphatic carbocycles. The molecule has 0 amide bonds. The van der Waals surface area contributed by atoms with Crippen LogP contribution in [0.25, 0.3) is 0 Å². The Balaban J connectivity index is 0.983. The number of fused-ring (bicyclic) bond motifs is 1. The zero-order chi connectivity index (χ0) is 26.7. The zero-order valence-corrected chi connectivity index (χ0v) is 23.8. The second kappa shape index (κ2) is 9.85. The van der Waals surface area contributed by atoms with Gasteiger partial charge in [-0.3, -0.25) is 4.90 Å². The summed E-state index contributed by atoms with van der Waals surface area (Å²) < 4.78 is 40.7. The molecular formula is C32H42FN3O2S. The average Bonchev–Trinajstić information content (AvgIpc) is 3.67. The molecule has 0 aromatic heterocycles. The Bertz CT molecular complexity index is 1290. The fourth-order valence-corrected chi connectivity index (χ4v) is 10.0. The molecule has 7 heteroatoms. The van der Waals surface area contributed by atoms with Crippen LogP contribution in [0.4, 0.5) is 10.1 Å². The highest BCUT2D eigenvalue weighted by molar-refractivity contribution is 7.92. The summed E-state index contributed by atoms with van der Waals surface area (Å²) in [4.78, 5) is 4.79. The Morgan fingerprint density at radius 2 is 1.54 bits per heavy atom. The van der Waals surface area contributed by atoms with E-state index in [4.69, 9.17) is 0 Å². The molecule has 2 aromatic rings. The van der Waals surface area contributed by atoms with Gasteiger partial charge in [0.25, 0.3) is 0 Å². The molecule has 7 rings (SSSR count). The van der Waals surface area contributed by atoms with Gasteiger partial charge < -0.3 is 10.2 Å². The SMILES string of the molecule is O=S(=O)(c1ccc(N2CC(F)(CN3CCC(C4(C5CCCC5)NCCc5ccccc54)CC3)C2)cc1)C1CC1. The van der Waals surface area contributed by atoms with E-state index in [2.05, 4.69) is 34.5 Å². The molecule has 3 aliphatic heterocycles. The van der Waals surface area contributed by atoms with E-state index < -0.39 is 15.5 Å². The van der Waals surface area contributed by atoms with Gasteiger partial charge in [0, 0.05) is 24.3 Å². The minimum atomic E-state index is -3.18. The highest BCUT2D eigenvalue weighted by Gasteiger charge is 2.51. The van der Waals surface area contributed by atoms with Crippen LogP contribution >= 0.6 is 0 Å². The monoisotopic (exact) mass is 551 g/mol. The molecule has 1 unspecified atom stereocenters. The third kappa shape index (κ3) is 4.62. The minimum Gasteiger partial charge on any atom is -0.365 e. The van der Waals surface area contributed by atoms with Gasteiger partial charge in [-0.2, -0.15) is 0 Å². The molecule has 5 aliphatic rings. The molecule has 2 saturated heterocycles. The number of benzene rings is 2. The molecule has 39 heavy (non-hydrogen) atoms. The standard InChI is InChI=1S/C32H42FN3O2S/c33-31(22-36(23-31)27-9-11-28(12-10-27)39(37,38)29-13-14-29)21-35-19-16-26(17-20-35)32(25-6-2-3-7-25)30-8-4-1-5-24(30)15-18-34-32/h1,4-5,8-12,25-26,29,34H,2-3,6-7,13-23H2. The first kappa shape index (κ1) is 26.0. The second-order valence-corrected chi connectivity index (χ2v) is 15.2. The van der Waals surface area contributed by atoms with E-state index in [1.807, 2.05) is 17.0 Å². The van der Waals surface area contributed by atoms with E-state index in [0.29, 0.717) is 36.4 Å². The van der Waals surface area contributed by atoms with Crippen molar-refractivity contribution in [1.82, 2.24) is 10.2 Å². The fraction of sp³-hybridized carbons (Fsp3) is 0.625. The molecule has 1 atom stereocenters. The Morgan fingerprint density at radius 3 is 2.23 bits per heavy atom. The maximum atomic E-state index is 15.8. The van der Waals surface area contributed by atoms with Gasteiger partial charge in [-0.25, -0.2) is 12.8 Å². The topological polar surface area (TPSA) is 52.7 Å². The van der Waals surface area contributed by atoms with Gasteiger partial charge in [0.2, 0.25) is 0 Å². The van der Waals surface area contributed by atoms with Crippen LogP contribution < -0.4 is 10.2 Å². The highest BCUT2D eigenvalue weighted by Crippen LogP contribution is 2.50. The number of nitrogens with one attached hydrogen (secondary N) is 1. The number of anilines is 1. The molecule has 0 radical (unpaired) electrons. The Labute approximate surface area is 233 Å². The quantitative estimate of drug-likeness (QED) is 0.519. The number of piperidine rings is 1. The normalized spacial score (nSPS) is 28.3. The molecule has 0 spiro atoms. The second-order valence-electron chi connectivity index (χ2n) is 13.0. The van der Waals surface area contributed by atoms with Crippen molar-refractivity contribution in [2.45, 2.75) is 79.1 Å². The predicted octanol–water partition coefficient (Wildman–Crippen LogP) is 5.09. The third-order valence-corrected chi connectivity index (χ3v) is 12.7. The smallest absolute Gasteiger partial charge is 0.181 e. The van der Waals surface area contributed by atoms with Gasteiger partial charge >= 0.3 is 0 Å². The fourth-order valence-electron chi connectivity index (χ4n) is 8.37. The van der Waals surface area contributed by atoms with Crippen LogP contribution in [0.3, 0.4) is 0 Å². The summed E-state index contributed by atoms with van der Waals surface area (Å²) >= 11 is 0. The van der Waals surface area contributed by atoms with Crippen LogP contribution in [-0.4, -0.2) is 63.5 Å². The molecular weight excluding hydrogens is 509 g/mol. The van der Waals surface area contributed by atoms with Crippen molar-refractivity contribution in [3.63, 3.8) is 0 Å². The van der Waals surface area contributed by atoms with E-state index in [0.717, 1.165) is 57.4 Å². The molecule has 4 fully saturated rings. The van der Waals surface area contributed by atoms with E-state index in [1.165, 1.54) is 31.2 Å². The van der Waals surface area contributed by atoms with Crippen LogP contribution in [0.2, 0.25) is 0 Å². The highest BCUT2D eigenvalue weighted by atomic mass is 32.2. The maximum absolute atomic E-state index is 15.8. The lowest BCUT2D eigenvalue weighted by atomic mass is 9.63. The van der Waals surface area contributed by atoms with Gasteiger partial charge in [0.1, 0.15) is 0 Å². The lowest BCUT2D eigenvalue weighted by molar-refractivity contribution is 0.0178. The molecule has 2 saturated carbocycles. The average molecular weight is 552 g/mol. The first-order chi connectivity index (χ1) is 18.9. The first-order valence-corrected chi connectivity index (χ1v) is 16.8. The van der Waals surface area contributed by atoms with Crippen molar-refractivity contribution in [3.8, 4) is 0 Å². The number of rotatable bonds is 7. The summed E-state index contributed by atoms with van der Waals surface area (Å²) in [5.41, 5.74) is 2.87. The number of halogens is 1. The third-order valence-electron chi connectivity index (χ3n) is 10.5. The van der Waals surface area contributed by atoms with E-state index in [1.54, 1.807) is 17.7 Å². The molecule has 2 aromatic carbocycles. The summed E-state index contributed by atoms with van der Waals surface area (Å²) in [6.07, 6.45) is 10.2. The molecule has 3 heterocycles. The largest absolute Gasteiger partial charge is 0.365 e.